The fraction of sp³-hybridized carbons (Fsp3) is 0.667. The third-order valence-electron chi connectivity index (χ3n) is 3.36. The van der Waals surface area contributed by atoms with Gasteiger partial charge in [0.05, 0.1) is 11.6 Å². The molecular formula is C15H28ClIN4O. The number of hydrogen-bond donors (Lipinski definition) is 1. The molecule has 1 rings (SSSR count). The van der Waals surface area contributed by atoms with E-state index in [0.29, 0.717) is 0 Å². The molecule has 0 fully saturated rings. The lowest BCUT2D eigenvalue weighted by molar-refractivity contribution is 0.192. The predicted octanol–water partition coefficient (Wildman–Crippen LogP) is 3.12. The van der Waals surface area contributed by atoms with Crippen molar-refractivity contribution >= 4 is 41.5 Å². The number of rotatable bonds is 8. The predicted molar refractivity (Wildman–Crippen MR) is 104 cm³/mol. The molecule has 128 valence electrons. The zero-order valence-corrected chi connectivity index (χ0v) is 17.0. The highest BCUT2D eigenvalue weighted by Crippen LogP contribution is 2.14. The monoisotopic (exact) mass is 442 g/mol. The highest BCUT2D eigenvalue weighted by molar-refractivity contribution is 14.0. The molecule has 0 aliphatic rings. The van der Waals surface area contributed by atoms with Gasteiger partial charge in [0.2, 0.25) is 0 Å². The van der Waals surface area contributed by atoms with Crippen molar-refractivity contribution in [2.75, 3.05) is 34.4 Å². The first kappa shape index (κ1) is 21.5. The normalized spacial score (nSPS) is 11.2. The zero-order chi connectivity index (χ0) is 15.7. The van der Waals surface area contributed by atoms with Crippen molar-refractivity contribution in [3.8, 4) is 0 Å². The number of ether oxygens (including phenoxy) is 1. The zero-order valence-electron chi connectivity index (χ0n) is 13.9. The number of aryl methyl sites for hydroxylation is 1. The molecule has 0 amide bonds. The van der Waals surface area contributed by atoms with Crippen LogP contribution in [0.1, 0.15) is 25.0 Å². The van der Waals surface area contributed by atoms with Crippen LogP contribution in [0.25, 0.3) is 0 Å². The standard InChI is InChI=1S/C15H27ClN4O.HI/c1-17-15(18-8-6-5-7-9-21-4)20(3)12-14-10-13(16)11-19(14)2;/h10-11H,5-9,12H2,1-4H3,(H,17,18);1H. The lowest BCUT2D eigenvalue weighted by Gasteiger charge is -2.22. The highest BCUT2D eigenvalue weighted by Gasteiger charge is 2.09. The number of aromatic nitrogens is 1. The minimum atomic E-state index is 0. The van der Waals surface area contributed by atoms with E-state index in [0.717, 1.165) is 55.6 Å². The first-order valence-electron chi connectivity index (χ1n) is 7.30. The SMILES string of the molecule is CN=C(NCCCCCOC)N(C)Cc1cc(Cl)cn1C.I. The summed E-state index contributed by atoms with van der Waals surface area (Å²) in [7, 11) is 7.58. The van der Waals surface area contributed by atoms with Gasteiger partial charge in [-0.25, -0.2) is 0 Å². The Kier molecular flexibility index (Phi) is 11.8. The van der Waals surface area contributed by atoms with Crippen LogP contribution in [0.3, 0.4) is 0 Å². The minimum absolute atomic E-state index is 0. The van der Waals surface area contributed by atoms with E-state index in [1.54, 1.807) is 7.11 Å². The molecule has 0 saturated heterocycles. The highest BCUT2D eigenvalue weighted by atomic mass is 127. The van der Waals surface area contributed by atoms with Crippen LogP contribution in [0.4, 0.5) is 0 Å². The molecule has 0 saturated carbocycles. The summed E-state index contributed by atoms with van der Waals surface area (Å²) in [6.07, 6.45) is 5.30. The average Bonchev–Trinajstić information content (AvgIpc) is 2.76. The summed E-state index contributed by atoms with van der Waals surface area (Å²) in [6, 6.07) is 1.98. The van der Waals surface area contributed by atoms with Crippen LogP contribution in [0.2, 0.25) is 5.02 Å². The third kappa shape index (κ3) is 7.69. The molecule has 22 heavy (non-hydrogen) atoms. The molecule has 5 nitrogen and oxygen atoms in total. The molecule has 0 aliphatic heterocycles. The number of halogens is 2. The van der Waals surface area contributed by atoms with Gasteiger partial charge >= 0.3 is 0 Å². The van der Waals surface area contributed by atoms with Gasteiger partial charge in [-0.1, -0.05) is 11.6 Å². The van der Waals surface area contributed by atoms with Gasteiger partial charge in [-0.2, -0.15) is 0 Å². The molecular weight excluding hydrogens is 415 g/mol. The molecule has 0 unspecified atom stereocenters. The second-order valence-corrected chi connectivity index (χ2v) is 5.58. The van der Waals surface area contributed by atoms with E-state index in [1.165, 1.54) is 0 Å². The van der Waals surface area contributed by atoms with Gasteiger partial charge in [-0.05, 0) is 25.3 Å². The van der Waals surface area contributed by atoms with Crippen LogP contribution in [0, 0.1) is 0 Å². The smallest absolute Gasteiger partial charge is 0.193 e. The first-order valence-corrected chi connectivity index (χ1v) is 7.67. The summed E-state index contributed by atoms with van der Waals surface area (Å²) in [5, 5.41) is 4.15. The average molecular weight is 443 g/mol. The van der Waals surface area contributed by atoms with Crippen LogP contribution in [-0.2, 0) is 18.3 Å². The van der Waals surface area contributed by atoms with Crippen LogP contribution in [0.15, 0.2) is 17.3 Å². The van der Waals surface area contributed by atoms with Crippen molar-refractivity contribution in [2.45, 2.75) is 25.8 Å². The van der Waals surface area contributed by atoms with Crippen LogP contribution in [-0.4, -0.2) is 49.8 Å². The topological polar surface area (TPSA) is 41.8 Å². The maximum atomic E-state index is 6.01. The second kappa shape index (κ2) is 12.0. The molecule has 0 aliphatic carbocycles. The Morgan fingerprint density at radius 3 is 2.68 bits per heavy atom. The number of guanidine groups is 1. The maximum absolute atomic E-state index is 6.01. The number of hydrogen-bond acceptors (Lipinski definition) is 2. The minimum Gasteiger partial charge on any atom is -0.385 e. The summed E-state index contributed by atoms with van der Waals surface area (Å²) in [5.41, 5.74) is 1.16. The van der Waals surface area contributed by atoms with Gasteiger partial charge in [0.15, 0.2) is 5.96 Å². The summed E-state index contributed by atoms with van der Waals surface area (Å²) < 4.78 is 7.08. The Labute approximate surface area is 156 Å². The van der Waals surface area contributed by atoms with Gasteiger partial charge in [-0.15, -0.1) is 24.0 Å². The summed E-state index contributed by atoms with van der Waals surface area (Å²) in [4.78, 5) is 6.42. The Morgan fingerprint density at radius 1 is 1.41 bits per heavy atom. The molecule has 1 aromatic rings. The Balaban J connectivity index is 0.00000441. The van der Waals surface area contributed by atoms with E-state index in [-0.39, 0.29) is 24.0 Å². The van der Waals surface area contributed by atoms with Gasteiger partial charge in [0.25, 0.3) is 0 Å². The Morgan fingerprint density at radius 2 is 2.14 bits per heavy atom. The number of nitrogens with zero attached hydrogens (tertiary/aromatic N) is 3. The van der Waals surface area contributed by atoms with Crippen molar-refractivity contribution < 1.29 is 4.74 Å². The van der Waals surface area contributed by atoms with E-state index in [2.05, 4.69) is 15.2 Å². The second-order valence-electron chi connectivity index (χ2n) is 5.14. The summed E-state index contributed by atoms with van der Waals surface area (Å²) >= 11 is 6.01. The molecule has 1 aromatic heterocycles. The number of aliphatic imine (C=N–C) groups is 1. The number of unbranched alkanes of at least 4 members (excludes halogenated alkanes) is 2. The van der Waals surface area contributed by atoms with E-state index in [1.807, 2.05) is 38.0 Å². The van der Waals surface area contributed by atoms with Crippen molar-refractivity contribution in [3.63, 3.8) is 0 Å². The molecule has 0 aromatic carbocycles. The van der Waals surface area contributed by atoms with Crippen LogP contribution < -0.4 is 5.32 Å². The van der Waals surface area contributed by atoms with Gasteiger partial charge < -0.3 is 19.5 Å². The molecule has 7 heteroatoms. The largest absolute Gasteiger partial charge is 0.385 e. The lowest BCUT2D eigenvalue weighted by atomic mass is 10.2. The van der Waals surface area contributed by atoms with Crippen LogP contribution >= 0.6 is 35.6 Å². The van der Waals surface area contributed by atoms with E-state index in [9.17, 15) is 0 Å². The quantitative estimate of drug-likeness (QED) is 0.291. The lowest BCUT2D eigenvalue weighted by Crippen LogP contribution is -2.39. The van der Waals surface area contributed by atoms with E-state index >= 15 is 0 Å². The third-order valence-corrected chi connectivity index (χ3v) is 3.56. The molecule has 1 N–H and O–H groups in total. The van der Waals surface area contributed by atoms with Crippen molar-refractivity contribution in [2.24, 2.45) is 12.0 Å². The van der Waals surface area contributed by atoms with E-state index < -0.39 is 0 Å². The molecule has 0 spiro atoms. The fourth-order valence-electron chi connectivity index (χ4n) is 2.17. The van der Waals surface area contributed by atoms with Crippen molar-refractivity contribution in [1.29, 1.82) is 0 Å². The summed E-state index contributed by atoms with van der Waals surface area (Å²) in [5.74, 6) is 0.902. The molecule has 0 atom stereocenters. The molecule has 0 bridgehead atoms. The van der Waals surface area contributed by atoms with Gasteiger partial charge in [0.1, 0.15) is 0 Å². The first-order chi connectivity index (χ1) is 10.1. The van der Waals surface area contributed by atoms with Crippen LogP contribution in [0.5, 0.6) is 0 Å². The number of nitrogens with one attached hydrogen (secondary N) is 1. The van der Waals surface area contributed by atoms with E-state index in [4.69, 9.17) is 16.3 Å². The van der Waals surface area contributed by atoms with Gasteiger partial charge in [-0.3, -0.25) is 4.99 Å². The maximum Gasteiger partial charge on any atom is 0.193 e. The summed E-state index contributed by atoms with van der Waals surface area (Å²) in [6.45, 7) is 2.53. The molecule has 1 heterocycles. The molecule has 0 radical (unpaired) electrons. The Bertz CT molecular complexity index is 451. The Hall–Kier alpha value is -0.470. The number of methoxy groups -OCH3 is 1. The van der Waals surface area contributed by atoms with Crippen molar-refractivity contribution in [3.05, 3.63) is 23.0 Å². The fourth-order valence-corrected chi connectivity index (χ4v) is 2.45. The van der Waals surface area contributed by atoms with Gasteiger partial charge in [0, 0.05) is 53.3 Å². The van der Waals surface area contributed by atoms with Crippen molar-refractivity contribution in [1.82, 2.24) is 14.8 Å².